The Labute approximate surface area is 111 Å². The lowest BCUT2D eigenvalue weighted by Gasteiger charge is -2.25. The maximum Gasteiger partial charge on any atom is 0.241 e. The molecule has 0 fully saturated rings. The maximum absolute atomic E-state index is 11.8. The zero-order valence-corrected chi connectivity index (χ0v) is 11.6. The van der Waals surface area contributed by atoms with Gasteiger partial charge in [0.05, 0.1) is 16.1 Å². The molecule has 3 nitrogen and oxygen atoms in total. The van der Waals surface area contributed by atoms with E-state index in [9.17, 15) is 4.79 Å². The Hall–Kier alpha value is -0.770. The lowest BCUT2D eigenvalue weighted by molar-refractivity contribution is -0.119. The Morgan fingerprint density at radius 3 is 2.35 bits per heavy atom. The monoisotopic (exact) mass is 274 g/mol. The number of halogens is 2. The summed E-state index contributed by atoms with van der Waals surface area (Å²) in [6.07, 6.45) is 0. The van der Waals surface area contributed by atoms with E-state index in [2.05, 4.69) is 5.32 Å². The van der Waals surface area contributed by atoms with Gasteiger partial charge in [-0.3, -0.25) is 4.79 Å². The van der Waals surface area contributed by atoms with Crippen LogP contribution in [0.3, 0.4) is 0 Å². The molecule has 0 aliphatic carbocycles. The van der Waals surface area contributed by atoms with Gasteiger partial charge in [0.25, 0.3) is 0 Å². The van der Waals surface area contributed by atoms with Crippen LogP contribution in [0.1, 0.15) is 20.8 Å². The molecule has 1 rings (SSSR count). The molecule has 0 radical (unpaired) electrons. The van der Waals surface area contributed by atoms with Crippen LogP contribution >= 0.6 is 23.2 Å². The summed E-state index contributed by atoms with van der Waals surface area (Å²) in [4.78, 5) is 11.8. The van der Waals surface area contributed by atoms with Crippen LogP contribution in [0.15, 0.2) is 18.2 Å². The third-order valence-corrected chi connectivity index (χ3v) is 3.14. The summed E-state index contributed by atoms with van der Waals surface area (Å²) < 4.78 is 0. The fraction of sp³-hybridized carbons (Fsp3) is 0.417. The number of rotatable bonds is 2. The SMILES string of the molecule is CC(C)(C)[C@H](N)C(=O)Nc1ccc(Cl)c(Cl)c1. The molecular weight excluding hydrogens is 259 g/mol. The second-order valence-electron chi connectivity index (χ2n) is 4.96. The van der Waals surface area contributed by atoms with Gasteiger partial charge in [-0.1, -0.05) is 44.0 Å². The first-order valence-electron chi connectivity index (χ1n) is 5.23. The van der Waals surface area contributed by atoms with Crippen LogP contribution in [-0.2, 0) is 4.79 Å². The minimum absolute atomic E-state index is 0.240. The number of carbonyl (C=O) groups excluding carboxylic acids is 1. The molecule has 0 aromatic heterocycles. The van der Waals surface area contributed by atoms with E-state index in [0.29, 0.717) is 15.7 Å². The highest BCUT2D eigenvalue weighted by atomic mass is 35.5. The van der Waals surface area contributed by atoms with Gasteiger partial charge in [0.15, 0.2) is 0 Å². The molecule has 0 saturated heterocycles. The highest BCUT2D eigenvalue weighted by molar-refractivity contribution is 6.42. The number of nitrogens with one attached hydrogen (secondary N) is 1. The topological polar surface area (TPSA) is 55.1 Å². The van der Waals surface area contributed by atoms with Gasteiger partial charge < -0.3 is 11.1 Å². The van der Waals surface area contributed by atoms with E-state index in [1.807, 2.05) is 20.8 Å². The van der Waals surface area contributed by atoms with Crippen LogP contribution in [0.5, 0.6) is 0 Å². The predicted molar refractivity (Wildman–Crippen MR) is 72.5 cm³/mol. The summed E-state index contributed by atoms with van der Waals surface area (Å²) >= 11 is 11.6. The Bertz CT molecular complexity index is 427. The van der Waals surface area contributed by atoms with Crippen molar-refractivity contribution in [3.63, 3.8) is 0 Å². The zero-order valence-electron chi connectivity index (χ0n) is 10.1. The minimum Gasteiger partial charge on any atom is -0.325 e. The lowest BCUT2D eigenvalue weighted by atomic mass is 9.87. The minimum atomic E-state index is -0.586. The van der Waals surface area contributed by atoms with E-state index in [-0.39, 0.29) is 11.3 Å². The molecule has 3 N–H and O–H groups in total. The number of hydrogen-bond donors (Lipinski definition) is 2. The number of hydrogen-bond acceptors (Lipinski definition) is 2. The molecule has 0 aliphatic rings. The van der Waals surface area contributed by atoms with Crippen molar-refractivity contribution < 1.29 is 4.79 Å². The van der Waals surface area contributed by atoms with Crippen molar-refractivity contribution in [3.8, 4) is 0 Å². The number of carbonyl (C=O) groups is 1. The number of anilines is 1. The van der Waals surface area contributed by atoms with Crippen LogP contribution in [0, 0.1) is 5.41 Å². The second-order valence-corrected chi connectivity index (χ2v) is 5.78. The lowest BCUT2D eigenvalue weighted by Crippen LogP contribution is -2.45. The van der Waals surface area contributed by atoms with Crippen LogP contribution in [0.4, 0.5) is 5.69 Å². The highest BCUT2D eigenvalue weighted by Crippen LogP contribution is 2.25. The molecule has 1 aromatic rings. The Balaban J connectivity index is 2.78. The summed E-state index contributed by atoms with van der Waals surface area (Å²) in [5.41, 5.74) is 6.13. The molecule has 0 heterocycles. The standard InChI is InChI=1S/C12H16Cl2N2O/c1-12(2,3)10(15)11(17)16-7-4-5-8(13)9(14)6-7/h4-6,10H,15H2,1-3H3,(H,16,17)/t10-/m1/s1. The van der Waals surface area contributed by atoms with Crippen LogP contribution < -0.4 is 11.1 Å². The Kier molecular flexibility index (Phi) is 4.42. The first kappa shape index (κ1) is 14.3. The second kappa shape index (κ2) is 5.25. The summed E-state index contributed by atoms with van der Waals surface area (Å²) in [7, 11) is 0. The maximum atomic E-state index is 11.8. The highest BCUT2D eigenvalue weighted by Gasteiger charge is 2.27. The average Bonchev–Trinajstić information content (AvgIpc) is 2.21. The van der Waals surface area contributed by atoms with Crippen molar-refractivity contribution in [1.82, 2.24) is 0 Å². The molecule has 0 spiro atoms. The number of nitrogens with two attached hydrogens (primary N) is 1. The van der Waals surface area contributed by atoms with Gasteiger partial charge >= 0.3 is 0 Å². The Morgan fingerprint density at radius 1 is 1.29 bits per heavy atom. The zero-order chi connectivity index (χ0) is 13.2. The smallest absolute Gasteiger partial charge is 0.241 e. The van der Waals surface area contributed by atoms with Crippen LogP contribution in [-0.4, -0.2) is 11.9 Å². The first-order chi connectivity index (χ1) is 7.71. The van der Waals surface area contributed by atoms with E-state index in [1.165, 1.54) is 0 Å². The molecule has 0 bridgehead atoms. The van der Waals surface area contributed by atoms with Crippen molar-refractivity contribution in [3.05, 3.63) is 28.2 Å². The van der Waals surface area contributed by atoms with Gasteiger partial charge in [-0.2, -0.15) is 0 Å². The third kappa shape index (κ3) is 3.87. The normalized spacial score (nSPS) is 13.3. The number of benzene rings is 1. The van der Waals surface area contributed by atoms with Crippen molar-refractivity contribution in [1.29, 1.82) is 0 Å². The molecule has 0 saturated carbocycles. The summed E-state index contributed by atoms with van der Waals surface area (Å²) in [6.45, 7) is 5.73. The fourth-order valence-electron chi connectivity index (χ4n) is 1.19. The van der Waals surface area contributed by atoms with Crippen molar-refractivity contribution >= 4 is 34.8 Å². The van der Waals surface area contributed by atoms with Gasteiger partial charge in [-0.25, -0.2) is 0 Å². The molecule has 5 heteroatoms. The van der Waals surface area contributed by atoms with Crippen molar-refractivity contribution in [2.75, 3.05) is 5.32 Å². The van der Waals surface area contributed by atoms with Crippen LogP contribution in [0.2, 0.25) is 10.0 Å². The molecule has 1 amide bonds. The molecule has 0 unspecified atom stereocenters. The van der Waals surface area contributed by atoms with E-state index in [0.717, 1.165) is 0 Å². The molecule has 0 aliphatic heterocycles. The van der Waals surface area contributed by atoms with Gasteiger partial charge in [0.2, 0.25) is 5.91 Å². The quantitative estimate of drug-likeness (QED) is 0.870. The fourth-order valence-corrected chi connectivity index (χ4v) is 1.49. The van der Waals surface area contributed by atoms with Crippen molar-refractivity contribution in [2.45, 2.75) is 26.8 Å². The molecule has 1 atom stereocenters. The van der Waals surface area contributed by atoms with E-state index < -0.39 is 6.04 Å². The summed E-state index contributed by atoms with van der Waals surface area (Å²) in [5.74, 6) is -0.240. The first-order valence-corrected chi connectivity index (χ1v) is 5.99. The van der Waals surface area contributed by atoms with Gasteiger partial charge in [0, 0.05) is 5.69 Å². The van der Waals surface area contributed by atoms with E-state index >= 15 is 0 Å². The van der Waals surface area contributed by atoms with Gasteiger partial charge in [-0.05, 0) is 23.6 Å². The van der Waals surface area contributed by atoms with Gasteiger partial charge in [-0.15, -0.1) is 0 Å². The largest absolute Gasteiger partial charge is 0.325 e. The molecule has 94 valence electrons. The molecular formula is C12H16Cl2N2O. The summed E-state index contributed by atoms with van der Waals surface area (Å²) in [6, 6.07) is 4.32. The predicted octanol–water partition coefficient (Wildman–Crippen LogP) is 3.31. The molecule has 17 heavy (non-hydrogen) atoms. The number of amides is 1. The van der Waals surface area contributed by atoms with Crippen LogP contribution in [0.25, 0.3) is 0 Å². The third-order valence-electron chi connectivity index (χ3n) is 2.40. The van der Waals surface area contributed by atoms with E-state index in [4.69, 9.17) is 28.9 Å². The van der Waals surface area contributed by atoms with Crippen molar-refractivity contribution in [2.24, 2.45) is 11.1 Å². The van der Waals surface area contributed by atoms with Gasteiger partial charge in [0.1, 0.15) is 0 Å². The molecule has 1 aromatic carbocycles. The average molecular weight is 275 g/mol. The summed E-state index contributed by atoms with van der Waals surface area (Å²) in [5, 5.41) is 3.56. The Morgan fingerprint density at radius 2 is 1.88 bits per heavy atom. The van der Waals surface area contributed by atoms with E-state index in [1.54, 1.807) is 18.2 Å².